The molecule has 0 spiro atoms. The average molecular weight is 496 g/mol. The molecule has 2 amide bonds. The Bertz CT molecular complexity index is 860. The van der Waals surface area contributed by atoms with Crippen LogP contribution in [0.1, 0.15) is 73.7 Å². The first-order valence-electron chi connectivity index (χ1n) is 12.2. The number of carbonyl (C=O) groups excluding carboxylic acids is 3. The van der Waals surface area contributed by atoms with Gasteiger partial charge in [-0.3, -0.25) is 9.59 Å². The highest BCUT2D eigenvalue weighted by Gasteiger charge is 2.44. The van der Waals surface area contributed by atoms with Crippen molar-refractivity contribution in [2.24, 2.45) is 0 Å². The molecule has 1 saturated carbocycles. The van der Waals surface area contributed by atoms with E-state index in [0.29, 0.717) is 18.5 Å². The first-order valence-corrected chi connectivity index (χ1v) is 13.2. The Hall–Kier alpha value is -2.00. The molecular weight excluding hydrogens is 460 g/mol. The van der Waals surface area contributed by atoms with E-state index in [4.69, 9.17) is 0 Å². The Balaban J connectivity index is 1.38. The summed E-state index contributed by atoms with van der Waals surface area (Å²) in [5.74, 6) is -1.92. The summed E-state index contributed by atoms with van der Waals surface area (Å²) in [6.45, 7) is 1.19. The molecule has 1 atom stereocenters. The summed E-state index contributed by atoms with van der Waals surface area (Å²) in [4.78, 5) is 38.8. The van der Waals surface area contributed by atoms with E-state index in [-0.39, 0.29) is 37.1 Å². The van der Waals surface area contributed by atoms with Crippen LogP contribution >= 0.6 is 11.8 Å². The van der Waals surface area contributed by atoms with E-state index in [1.165, 1.54) is 7.05 Å². The molecule has 34 heavy (non-hydrogen) atoms. The maximum Gasteiger partial charge on any atom is 0.255 e. The number of alkyl halides is 2. The van der Waals surface area contributed by atoms with Crippen LogP contribution in [-0.2, 0) is 16.1 Å². The number of amides is 2. The molecule has 2 aliphatic rings. The predicted octanol–water partition coefficient (Wildman–Crippen LogP) is 4.17. The van der Waals surface area contributed by atoms with E-state index in [0.717, 1.165) is 61.1 Å². The van der Waals surface area contributed by atoms with Crippen molar-refractivity contribution in [1.82, 2.24) is 15.5 Å². The number of hydrogen-bond donors (Lipinski definition) is 2. The third-order valence-corrected chi connectivity index (χ3v) is 7.72. The summed E-state index contributed by atoms with van der Waals surface area (Å²) in [6, 6.07) is 5.05. The molecule has 0 bridgehead atoms. The molecule has 6 nitrogen and oxygen atoms in total. The van der Waals surface area contributed by atoms with E-state index in [1.807, 2.05) is 12.1 Å². The van der Waals surface area contributed by atoms with Crippen LogP contribution in [0.15, 0.2) is 23.1 Å². The number of hydrogen-bond acceptors (Lipinski definition) is 5. The third kappa shape index (κ3) is 7.01. The minimum absolute atomic E-state index is 0.0153. The highest BCUT2D eigenvalue weighted by molar-refractivity contribution is 7.99. The van der Waals surface area contributed by atoms with Gasteiger partial charge in [-0.2, -0.15) is 0 Å². The lowest BCUT2D eigenvalue weighted by Crippen LogP contribution is -2.48. The molecule has 1 aromatic carbocycles. The largest absolute Gasteiger partial charge is 0.357 e. The Kier molecular flexibility index (Phi) is 9.88. The van der Waals surface area contributed by atoms with Crippen molar-refractivity contribution < 1.29 is 23.2 Å². The summed E-state index contributed by atoms with van der Waals surface area (Å²) in [7, 11) is 1.54. The fourth-order valence-electron chi connectivity index (χ4n) is 4.59. The lowest BCUT2D eigenvalue weighted by atomic mass is 9.88. The van der Waals surface area contributed by atoms with Gasteiger partial charge in [-0.05, 0) is 49.3 Å². The van der Waals surface area contributed by atoms with E-state index >= 15 is 0 Å². The van der Waals surface area contributed by atoms with Gasteiger partial charge in [0, 0.05) is 49.4 Å². The molecule has 0 aromatic heterocycles. The first kappa shape index (κ1) is 26.6. The van der Waals surface area contributed by atoms with Crippen LogP contribution in [0.2, 0.25) is 0 Å². The molecular formula is C25H35F2N3O3S. The van der Waals surface area contributed by atoms with Gasteiger partial charge in [0.1, 0.15) is 12.3 Å². The molecule has 1 aromatic rings. The smallest absolute Gasteiger partial charge is 0.255 e. The number of carbonyl (C=O) groups is 3. The van der Waals surface area contributed by atoms with Gasteiger partial charge in [0.2, 0.25) is 5.91 Å². The summed E-state index contributed by atoms with van der Waals surface area (Å²) in [5, 5.41) is 5.81. The van der Waals surface area contributed by atoms with E-state index in [9.17, 15) is 23.2 Å². The minimum Gasteiger partial charge on any atom is -0.357 e. The van der Waals surface area contributed by atoms with Gasteiger partial charge in [0.05, 0.1) is 0 Å². The molecule has 1 fully saturated rings. The van der Waals surface area contributed by atoms with Crippen LogP contribution in [0.4, 0.5) is 8.78 Å². The molecule has 2 N–H and O–H groups in total. The van der Waals surface area contributed by atoms with Crippen molar-refractivity contribution >= 4 is 29.9 Å². The second-order valence-corrected chi connectivity index (χ2v) is 10.3. The minimum atomic E-state index is -2.46. The lowest BCUT2D eigenvalue weighted by molar-refractivity contribution is -0.125. The summed E-state index contributed by atoms with van der Waals surface area (Å²) in [6.07, 6.45) is 6.66. The molecule has 1 unspecified atom stereocenters. The molecule has 1 aliphatic carbocycles. The van der Waals surface area contributed by atoms with Gasteiger partial charge in [-0.25, -0.2) is 8.78 Å². The van der Waals surface area contributed by atoms with Gasteiger partial charge in [0.15, 0.2) is 0 Å². The summed E-state index contributed by atoms with van der Waals surface area (Å²) >= 11 is 1.74. The molecule has 3 rings (SSSR count). The van der Waals surface area contributed by atoms with Crippen molar-refractivity contribution in [3.05, 3.63) is 29.3 Å². The number of nitrogens with zero attached hydrogens (tertiary/aromatic N) is 1. The molecule has 9 heteroatoms. The van der Waals surface area contributed by atoms with Crippen LogP contribution in [0.25, 0.3) is 0 Å². The normalized spacial score (nSPS) is 17.9. The SMILES string of the molecule is CNC(=O)C(CCC=O)N1Cc2c(SCCCCCCCNC3CC(F)(F)C3)cccc2C1=O. The summed E-state index contributed by atoms with van der Waals surface area (Å²) < 4.78 is 25.6. The third-order valence-electron chi connectivity index (χ3n) is 6.54. The van der Waals surface area contributed by atoms with Gasteiger partial charge < -0.3 is 20.3 Å². The van der Waals surface area contributed by atoms with Crippen molar-refractivity contribution in [1.29, 1.82) is 0 Å². The average Bonchev–Trinajstić information content (AvgIpc) is 3.13. The number of fused-ring (bicyclic) bond motifs is 1. The van der Waals surface area contributed by atoms with Crippen molar-refractivity contribution in [3.8, 4) is 0 Å². The molecule has 188 valence electrons. The van der Waals surface area contributed by atoms with Crippen LogP contribution in [0.5, 0.6) is 0 Å². The number of benzene rings is 1. The number of rotatable bonds is 15. The van der Waals surface area contributed by atoms with E-state index < -0.39 is 12.0 Å². The van der Waals surface area contributed by atoms with Crippen LogP contribution in [0.3, 0.4) is 0 Å². The highest BCUT2D eigenvalue weighted by Crippen LogP contribution is 2.37. The molecule has 1 aliphatic heterocycles. The Morgan fingerprint density at radius 3 is 2.68 bits per heavy atom. The molecule has 0 saturated heterocycles. The lowest BCUT2D eigenvalue weighted by Gasteiger charge is -2.35. The number of thioether (sulfide) groups is 1. The van der Waals surface area contributed by atoms with Gasteiger partial charge >= 0.3 is 0 Å². The standard InChI is InChI=1S/C25H35F2N3O3S/c1-28-23(32)21(10-8-13-31)30-17-20-19(24(30)33)9-7-11-22(20)34-14-6-4-2-3-5-12-29-18-15-25(26,27)16-18/h7,9,11,13,18,21,29H,2-6,8,10,12,14-17H2,1H3,(H,28,32). The number of likely N-dealkylation sites (N-methyl/N-ethyl adjacent to an activating group) is 1. The fraction of sp³-hybridized carbons (Fsp3) is 0.640. The van der Waals surface area contributed by atoms with E-state index in [1.54, 1.807) is 22.7 Å². The monoisotopic (exact) mass is 495 g/mol. The van der Waals surface area contributed by atoms with Gasteiger partial charge in [0.25, 0.3) is 11.8 Å². The maximum atomic E-state index is 13.0. The number of nitrogens with one attached hydrogen (secondary N) is 2. The second-order valence-electron chi connectivity index (χ2n) is 9.12. The Morgan fingerprint density at radius 1 is 1.24 bits per heavy atom. The van der Waals surface area contributed by atoms with E-state index in [2.05, 4.69) is 10.6 Å². The number of unbranched alkanes of at least 4 members (excludes halogenated alkanes) is 4. The van der Waals surface area contributed by atoms with Gasteiger partial charge in [-0.15, -0.1) is 11.8 Å². The zero-order valence-electron chi connectivity index (χ0n) is 19.8. The van der Waals surface area contributed by atoms with Crippen molar-refractivity contribution in [2.75, 3.05) is 19.3 Å². The Morgan fingerprint density at radius 2 is 1.97 bits per heavy atom. The molecule has 0 radical (unpaired) electrons. The van der Waals surface area contributed by atoms with Crippen molar-refractivity contribution in [3.63, 3.8) is 0 Å². The first-order chi connectivity index (χ1) is 16.4. The predicted molar refractivity (Wildman–Crippen MR) is 129 cm³/mol. The van der Waals surface area contributed by atoms with Crippen LogP contribution in [0, 0.1) is 0 Å². The maximum absolute atomic E-state index is 13.0. The molecule has 1 heterocycles. The van der Waals surface area contributed by atoms with Gasteiger partial charge in [-0.1, -0.05) is 25.3 Å². The number of aldehydes is 1. The van der Waals surface area contributed by atoms with Crippen LogP contribution in [-0.4, -0.2) is 60.4 Å². The fourth-order valence-corrected chi connectivity index (χ4v) is 5.68. The highest BCUT2D eigenvalue weighted by atomic mass is 32.2. The second kappa shape index (κ2) is 12.6. The van der Waals surface area contributed by atoms with Crippen molar-refractivity contribution in [2.45, 2.75) is 87.2 Å². The quantitative estimate of drug-likeness (QED) is 0.217. The zero-order valence-corrected chi connectivity index (χ0v) is 20.6. The number of halogens is 2. The Labute approximate surface area is 204 Å². The zero-order chi connectivity index (χ0) is 24.6. The summed E-state index contributed by atoms with van der Waals surface area (Å²) in [5.41, 5.74) is 1.60. The topological polar surface area (TPSA) is 78.5 Å². The van der Waals surface area contributed by atoms with Crippen LogP contribution < -0.4 is 10.6 Å².